The average molecular weight is 1020 g/mol. The summed E-state index contributed by atoms with van der Waals surface area (Å²) in [6, 6.07) is -1.14. The van der Waals surface area contributed by atoms with Crippen molar-refractivity contribution in [2.24, 2.45) is 40.9 Å². The van der Waals surface area contributed by atoms with Crippen LogP contribution in [0.5, 0.6) is 0 Å². The van der Waals surface area contributed by atoms with E-state index in [1.165, 1.54) is 12.0 Å². The number of hydrogen-bond donors (Lipinski definition) is 2. The minimum Gasteiger partial charge on any atom is -0.460 e. The third kappa shape index (κ3) is 17.4. The van der Waals surface area contributed by atoms with Crippen molar-refractivity contribution in [2.45, 2.75) is 207 Å². The van der Waals surface area contributed by atoms with E-state index in [0.29, 0.717) is 70.0 Å². The highest BCUT2D eigenvalue weighted by molar-refractivity contribution is 6.39. The largest absolute Gasteiger partial charge is 0.460 e. The molecule has 4 rings (SSSR count). The molecule has 2 N–H and O–H groups in total. The zero-order valence-electron chi connectivity index (χ0n) is 46.3. The molecule has 3 aliphatic heterocycles. The first-order chi connectivity index (χ1) is 34.5. The number of methoxy groups -OCH3 is 3. The van der Waals surface area contributed by atoms with Crippen LogP contribution in [0.1, 0.15) is 152 Å². The molecule has 1 aliphatic carbocycles. The van der Waals surface area contributed by atoms with Crippen LogP contribution in [0.3, 0.4) is 0 Å². The molecule has 1 amide bonds. The molecular formula is C59H91NO13. The minimum absolute atomic E-state index is 0.0165. The van der Waals surface area contributed by atoms with Gasteiger partial charge in [-0.3, -0.25) is 19.2 Å². The molecule has 3 heterocycles. The summed E-state index contributed by atoms with van der Waals surface area (Å²) in [5.41, 5.74) is 1.23. The van der Waals surface area contributed by atoms with Crippen molar-refractivity contribution in [3.8, 4) is 12.3 Å². The third-order valence-electron chi connectivity index (χ3n) is 16.1. The molecule has 0 unspecified atom stereocenters. The maximum atomic E-state index is 14.6. The van der Waals surface area contributed by atoms with E-state index in [4.69, 9.17) is 34.8 Å². The summed E-state index contributed by atoms with van der Waals surface area (Å²) in [7, 11) is 4.66. The van der Waals surface area contributed by atoms with Crippen LogP contribution in [0.15, 0.2) is 47.6 Å². The molecule has 1 saturated carbocycles. The number of ether oxygens (including phenoxy) is 6. The van der Waals surface area contributed by atoms with E-state index < -0.39 is 77.8 Å². The number of rotatable bonds is 11. The fourth-order valence-corrected chi connectivity index (χ4v) is 11.1. The topological polar surface area (TPSA) is 184 Å². The fraction of sp³-hybridized carbons (Fsp3) is 0.746. The van der Waals surface area contributed by atoms with Gasteiger partial charge in [0.05, 0.1) is 24.4 Å². The summed E-state index contributed by atoms with van der Waals surface area (Å²) in [4.78, 5) is 72.6. The highest BCUT2D eigenvalue weighted by Gasteiger charge is 2.53. The van der Waals surface area contributed by atoms with Crippen molar-refractivity contribution in [1.82, 2.24) is 4.90 Å². The van der Waals surface area contributed by atoms with Gasteiger partial charge in [-0.25, -0.2) is 4.79 Å². The second-order valence-electron chi connectivity index (χ2n) is 22.7. The van der Waals surface area contributed by atoms with E-state index >= 15 is 0 Å². The number of aliphatic hydroxyl groups excluding tert-OH is 1. The Labute approximate surface area is 437 Å². The van der Waals surface area contributed by atoms with Crippen LogP contribution in [0.4, 0.5) is 0 Å². The van der Waals surface area contributed by atoms with Crippen molar-refractivity contribution < 1.29 is 62.6 Å². The SMILES string of the molecule is C#CCC(C)(C)CCO[C@@H]1CC[C@@H](C[C@@H](C)[C@@H]2CC(=O)[C@H](C)/C=C(\C)[C@@H](O)[C@@H](OC)C(=O)[C@H](C)C[C@H](C)/C=C/C=C/C=C(\C)[C@@H](OC)C[C@@H]3CC[C@@H](C)[C@@](O)(O3)C(=O)C(=O)N3CCCC[C@H]3C(=O)O2)C[C@H]1OC. The quantitative estimate of drug-likeness (QED) is 0.0869. The Hall–Kier alpha value is -3.81. The van der Waals surface area contributed by atoms with Gasteiger partial charge < -0.3 is 43.5 Å². The number of aliphatic hydroxyl groups is 2. The Morgan fingerprint density at radius 2 is 1.62 bits per heavy atom. The van der Waals surface area contributed by atoms with Crippen LogP contribution < -0.4 is 0 Å². The molecule has 410 valence electrons. The van der Waals surface area contributed by atoms with E-state index in [2.05, 4.69) is 19.8 Å². The Bertz CT molecular complexity index is 2020. The molecule has 0 radical (unpaired) electrons. The van der Waals surface area contributed by atoms with Crippen molar-refractivity contribution in [1.29, 1.82) is 0 Å². The average Bonchev–Trinajstić information content (AvgIpc) is 3.35. The van der Waals surface area contributed by atoms with Gasteiger partial charge >= 0.3 is 5.97 Å². The van der Waals surface area contributed by atoms with Gasteiger partial charge in [0, 0.05) is 71.5 Å². The van der Waals surface area contributed by atoms with Gasteiger partial charge in [-0.15, -0.1) is 12.3 Å². The number of hydrogen-bond acceptors (Lipinski definition) is 13. The van der Waals surface area contributed by atoms with Crippen LogP contribution in [0.2, 0.25) is 0 Å². The number of carbonyl (C=O) groups is 5. The number of amides is 1. The fourth-order valence-electron chi connectivity index (χ4n) is 11.1. The number of ketones is 3. The van der Waals surface area contributed by atoms with Gasteiger partial charge in [0.2, 0.25) is 5.79 Å². The van der Waals surface area contributed by atoms with Crippen LogP contribution in [-0.2, 0) is 52.4 Å². The van der Waals surface area contributed by atoms with Crippen LogP contribution in [0.25, 0.3) is 0 Å². The number of Topliss-reactive ketones (excluding diaryl/α,β-unsaturated/α-hetero) is 3. The first-order valence-electron chi connectivity index (χ1n) is 27.0. The van der Waals surface area contributed by atoms with Crippen molar-refractivity contribution >= 4 is 29.2 Å². The number of fused-ring (bicyclic) bond motifs is 3. The molecule has 14 heteroatoms. The number of esters is 1. The Balaban J connectivity index is 1.67. The predicted molar refractivity (Wildman–Crippen MR) is 281 cm³/mol. The number of piperidine rings is 1. The monoisotopic (exact) mass is 1020 g/mol. The van der Waals surface area contributed by atoms with Crippen molar-refractivity contribution in [2.75, 3.05) is 34.5 Å². The molecule has 0 aromatic rings. The number of allylic oxidation sites excluding steroid dienone is 6. The van der Waals surface area contributed by atoms with Crippen LogP contribution >= 0.6 is 0 Å². The lowest BCUT2D eigenvalue weighted by atomic mass is 9.78. The van der Waals surface area contributed by atoms with Crippen molar-refractivity contribution in [3.05, 3.63) is 47.6 Å². The molecule has 14 nitrogen and oxygen atoms in total. The molecule has 2 saturated heterocycles. The highest BCUT2D eigenvalue weighted by atomic mass is 16.6. The van der Waals surface area contributed by atoms with Gasteiger partial charge in [-0.05, 0) is 119 Å². The Kier molecular flexibility index (Phi) is 24.4. The highest BCUT2D eigenvalue weighted by Crippen LogP contribution is 2.38. The van der Waals surface area contributed by atoms with Gasteiger partial charge in [0.1, 0.15) is 30.1 Å². The second kappa shape index (κ2) is 28.9. The Morgan fingerprint density at radius 1 is 0.890 bits per heavy atom. The summed E-state index contributed by atoms with van der Waals surface area (Å²) < 4.78 is 36.4. The van der Waals surface area contributed by atoms with E-state index in [0.717, 1.165) is 24.8 Å². The molecular weight excluding hydrogens is 931 g/mol. The summed E-state index contributed by atoms with van der Waals surface area (Å²) >= 11 is 0. The lowest BCUT2D eigenvalue weighted by molar-refractivity contribution is -0.265. The summed E-state index contributed by atoms with van der Waals surface area (Å²) in [6.45, 7) is 17.7. The van der Waals surface area contributed by atoms with E-state index in [-0.39, 0.29) is 66.3 Å². The minimum atomic E-state index is -2.43. The standard InChI is InChI=1S/C59H91NO13/c1-14-27-58(9,10)28-30-71-48-26-24-44(34-51(48)69-12)33-40(5)50-36-47(61)39(4)32-42(7)53(63)54(70-13)52(62)41(6)31-37(2)20-16-15-17-21-38(3)49(68-11)35-45-25-23-43(8)59(67,73-45)55(64)56(65)60-29-19-18-22-46(60)57(66)72-50/h1,15-17,20-21,32,37,39-41,43-46,48-51,53-54,63,67H,18-19,22-31,33-36H2,2-13H3/b17-15+,20-16+,38-21+,42-32+/t37-,39-,40-,41-,43-,44+,45+,46+,48-,49+,50+,51-,53-,54+,59-/m1/s1. The molecule has 15 atom stereocenters. The first-order valence-corrected chi connectivity index (χ1v) is 27.0. The first kappa shape index (κ1) is 61.7. The summed E-state index contributed by atoms with van der Waals surface area (Å²) in [6.07, 6.45) is 19.5. The molecule has 0 spiro atoms. The molecule has 2 bridgehead atoms. The van der Waals surface area contributed by atoms with Gasteiger partial charge in [-0.2, -0.15) is 0 Å². The molecule has 3 fully saturated rings. The van der Waals surface area contributed by atoms with E-state index in [1.807, 2.05) is 58.1 Å². The maximum absolute atomic E-state index is 14.6. The zero-order valence-corrected chi connectivity index (χ0v) is 46.3. The molecule has 0 aromatic carbocycles. The zero-order chi connectivity index (χ0) is 54.2. The van der Waals surface area contributed by atoms with Crippen LogP contribution in [-0.4, -0.2) is 133 Å². The van der Waals surface area contributed by atoms with Gasteiger partial charge in [-0.1, -0.05) is 84.9 Å². The number of terminal acetylenes is 1. The van der Waals surface area contributed by atoms with E-state index in [9.17, 15) is 34.2 Å². The second-order valence-corrected chi connectivity index (χ2v) is 22.7. The summed E-state index contributed by atoms with van der Waals surface area (Å²) in [5.74, 6) is -5.12. The van der Waals surface area contributed by atoms with Crippen molar-refractivity contribution in [3.63, 3.8) is 0 Å². The lowest BCUT2D eigenvalue weighted by Gasteiger charge is -2.42. The molecule has 73 heavy (non-hydrogen) atoms. The smallest absolute Gasteiger partial charge is 0.329 e. The lowest BCUT2D eigenvalue weighted by Crippen LogP contribution is -2.61. The number of nitrogens with zero attached hydrogens (tertiary/aromatic N) is 1. The molecule has 4 aliphatic rings. The number of cyclic esters (lactones) is 1. The third-order valence-corrected chi connectivity index (χ3v) is 16.1. The Morgan fingerprint density at radius 3 is 2.29 bits per heavy atom. The predicted octanol–water partition coefficient (Wildman–Crippen LogP) is 8.64. The van der Waals surface area contributed by atoms with Gasteiger partial charge in [0.25, 0.3) is 11.7 Å². The van der Waals surface area contributed by atoms with Gasteiger partial charge in [0.15, 0.2) is 5.78 Å². The molecule has 0 aromatic heterocycles. The summed E-state index contributed by atoms with van der Waals surface area (Å²) in [5, 5.41) is 23.6. The normalized spacial score (nSPS) is 37.4. The number of carbonyl (C=O) groups excluding carboxylic acids is 5. The van der Waals surface area contributed by atoms with Crippen LogP contribution in [0, 0.1) is 53.3 Å². The van der Waals surface area contributed by atoms with E-state index in [1.54, 1.807) is 41.1 Å². The maximum Gasteiger partial charge on any atom is 0.329 e.